The monoisotopic (exact) mass is 436 g/mol. The Morgan fingerprint density at radius 1 is 0.800 bits per heavy atom. The van der Waals surface area contributed by atoms with Crippen molar-refractivity contribution < 1.29 is 33.2 Å². The van der Waals surface area contributed by atoms with Gasteiger partial charge in [-0.1, -0.05) is 45.4 Å². The summed E-state index contributed by atoms with van der Waals surface area (Å²) >= 11 is 0. The standard InChI is InChI=1S/C21H44N2O7/c1-5-6-7-8-9-10-11-19(18-23-20(22)24)21(28-15-12-25-2,29-16-13-26-3)30-17-14-27-4/h19H,5-18H2,1-4H3,(H3,22,23,24). The SMILES string of the molecule is CCCCCCCCC(CNC(N)=O)C(OCCOC)(OCCOC)OCCOC. The first-order chi connectivity index (χ1) is 14.6. The van der Waals surface area contributed by atoms with Crippen molar-refractivity contribution in [2.45, 2.75) is 57.8 Å². The first-order valence-electron chi connectivity index (χ1n) is 11.0. The molecule has 30 heavy (non-hydrogen) atoms. The van der Waals surface area contributed by atoms with Crippen LogP contribution >= 0.6 is 0 Å². The summed E-state index contributed by atoms with van der Waals surface area (Å²) in [6.45, 7) is 4.46. The zero-order chi connectivity index (χ0) is 22.5. The van der Waals surface area contributed by atoms with Gasteiger partial charge in [-0.3, -0.25) is 0 Å². The Hall–Kier alpha value is -0.970. The number of hydrogen-bond donors (Lipinski definition) is 2. The average molecular weight is 437 g/mol. The lowest BCUT2D eigenvalue weighted by atomic mass is 9.97. The van der Waals surface area contributed by atoms with E-state index >= 15 is 0 Å². The molecule has 0 saturated heterocycles. The number of nitrogens with one attached hydrogen (secondary N) is 1. The van der Waals surface area contributed by atoms with Crippen LogP contribution in [0.5, 0.6) is 0 Å². The Morgan fingerprint density at radius 2 is 1.27 bits per heavy atom. The highest BCUT2D eigenvalue weighted by Gasteiger charge is 2.42. The van der Waals surface area contributed by atoms with E-state index in [-0.39, 0.29) is 32.3 Å². The minimum Gasteiger partial charge on any atom is -0.382 e. The Balaban J connectivity index is 5.33. The molecule has 9 heteroatoms. The molecule has 0 heterocycles. The quantitative estimate of drug-likeness (QED) is 0.198. The Labute approximate surface area is 182 Å². The Bertz CT molecular complexity index is 373. The maximum atomic E-state index is 11.4. The van der Waals surface area contributed by atoms with Gasteiger partial charge in [-0.25, -0.2) is 4.79 Å². The number of nitrogens with two attached hydrogens (primary N) is 1. The number of carbonyl (C=O) groups excluding carboxylic acids is 1. The number of primary amides is 1. The number of urea groups is 1. The number of unbranched alkanes of at least 4 members (excludes halogenated alkanes) is 5. The molecule has 0 rings (SSSR count). The lowest BCUT2D eigenvalue weighted by molar-refractivity contribution is -0.408. The van der Waals surface area contributed by atoms with Crippen LogP contribution in [0.25, 0.3) is 0 Å². The fourth-order valence-corrected chi connectivity index (χ4v) is 3.08. The summed E-state index contributed by atoms with van der Waals surface area (Å²) < 4.78 is 33.6. The van der Waals surface area contributed by atoms with E-state index in [4.69, 9.17) is 34.2 Å². The van der Waals surface area contributed by atoms with E-state index < -0.39 is 12.0 Å². The van der Waals surface area contributed by atoms with Crippen molar-refractivity contribution in [3.63, 3.8) is 0 Å². The fraction of sp³-hybridized carbons (Fsp3) is 0.952. The molecule has 0 aliphatic heterocycles. The van der Waals surface area contributed by atoms with Gasteiger partial charge in [0.25, 0.3) is 5.97 Å². The van der Waals surface area contributed by atoms with Crippen molar-refractivity contribution in [3.8, 4) is 0 Å². The largest absolute Gasteiger partial charge is 0.382 e. The third-order valence-corrected chi connectivity index (χ3v) is 4.70. The number of ether oxygens (including phenoxy) is 6. The molecule has 0 aromatic heterocycles. The van der Waals surface area contributed by atoms with Gasteiger partial charge >= 0.3 is 6.03 Å². The van der Waals surface area contributed by atoms with E-state index in [1.54, 1.807) is 21.3 Å². The van der Waals surface area contributed by atoms with Crippen LogP contribution in [0, 0.1) is 5.92 Å². The molecule has 0 saturated carbocycles. The molecule has 0 aliphatic carbocycles. The van der Waals surface area contributed by atoms with E-state index in [1.165, 1.54) is 25.7 Å². The second-order valence-electron chi connectivity index (χ2n) is 7.13. The van der Waals surface area contributed by atoms with Crippen LogP contribution < -0.4 is 11.1 Å². The molecule has 9 nitrogen and oxygen atoms in total. The molecule has 2 amide bonds. The summed E-state index contributed by atoms with van der Waals surface area (Å²) in [5.74, 6) is -1.62. The minimum atomic E-state index is -1.36. The van der Waals surface area contributed by atoms with E-state index in [9.17, 15) is 4.79 Å². The van der Waals surface area contributed by atoms with Gasteiger partial charge in [0.1, 0.15) is 0 Å². The highest BCUT2D eigenvalue weighted by atomic mass is 16.9. The van der Waals surface area contributed by atoms with Gasteiger partial charge in [0, 0.05) is 27.9 Å². The van der Waals surface area contributed by atoms with Crippen LogP contribution in [0.1, 0.15) is 51.9 Å². The van der Waals surface area contributed by atoms with Crippen molar-refractivity contribution in [3.05, 3.63) is 0 Å². The second kappa shape index (κ2) is 20.0. The van der Waals surface area contributed by atoms with Gasteiger partial charge in [0.2, 0.25) is 0 Å². The molecular formula is C21H44N2O7. The van der Waals surface area contributed by atoms with Crippen LogP contribution in [0.15, 0.2) is 0 Å². The zero-order valence-electron chi connectivity index (χ0n) is 19.4. The number of carbonyl (C=O) groups is 1. The molecule has 1 atom stereocenters. The van der Waals surface area contributed by atoms with Crippen LogP contribution in [0.3, 0.4) is 0 Å². The van der Waals surface area contributed by atoms with Crippen molar-refractivity contribution in [2.75, 3.05) is 67.5 Å². The molecule has 0 aromatic rings. The van der Waals surface area contributed by atoms with Gasteiger partial charge in [-0.05, 0) is 6.42 Å². The van der Waals surface area contributed by atoms with Gasteiger partial charge in [0.05, 0.1) is 45.6 Å². The van der Waals surface area contributed by atoms with Gasteiger partial charge in [-0.15, -0.1) is 0 Å². The number of hydrogen-bond acceptors (Lipinski definition) is 7. The zero-order valence-corrected chi connectivity index (χ0v) is 19.4. The normalized spacial score (nSPS) is 12.8. The molecule has 3 N–H and O–H groups in total. The number of methoxy groups -OCH3 is 3. The summed E-state index contributed by atoms with van der Waals surface area (Å²) in [6, 6.07) is -0.595. The third-order valence-electron chi connectivity index (χ3n) is 4.70. The molecule has 0 aliphatic rings. The van der Waals surface area contributed by atoms with E-state index in [1.807, 2.05) is 0 Å². The molecule has 180 valence electrons. The Morgan fingerprint density at radius 3 is 1.70 bits per heavy atom. The van der Waals surface area contributed by atoms with E-state index in [2.05, 4.69) is 12.2 Å². The second-order valence-corrected chi connectivity index (χ2v) is 7.13. The number of amides is 2. The maximum absolute atomic E-state index is 11.4. The molecule has 0 bridgehead atoms. The smallest absolute Gasteiger partial charge is 0.312 e. The fourth-order valence-electron chi connectivity index (χ4n) is 3.08. The summed E-state index contributed by atoms with van der Waals surface area (Å²) in [5.41, 5.74) is 5.33. The minimum absolute atomic E-state index is 0.262. The van der Waals surface area contributed by atoms with E-state index in [0.717, 1.165) is 19.3 Å². The molecule has 0 fully saturated rings. The van der Waals surface area contributed by atoms with Crippen molar-refractivity contribution in [2.24, 2.45) is 11.7 Å². The van der Waals surface area contributed by atoms with Crippen molar-refractivity contribution in [1.29, 1.82) is 0 Å². The summed E-state index contributed by atoms with van der Waals surface area (Å²) in [4.78, 5) is 11.4. The van der Waals surface area contributed by atoms with Gasteiger partial charge < -0.3 is 39.5 Å². The van der Waals surface area contributed by atoms with Crippen molar-refractivity contribution in [1.82, 2.24) is 5.32 Å². The van der Waals surface area contributed by atoms with Crippen LogP contribution in [0.2, 0.25) is 0 Å². The van der Waals surface area contributed by atoms with Crippen LogP contribution in [-0.2, 0) is 28.4 Å². The molecule has 0 radical (unpaired) electrons. The topological polar surface area (TPSA) is 111 Å². The number of rotatable bonds is 22. The van der Waals surface area contributed by atoms with Crippen LogP contribution in [0.4, 0.5) is 4.79 Å². The third kappa shape index (κ3) is 14.1. The summed E-state index contributed by atoms with van der Waals surface area (Å²) in [6.07, 6.45) is 7.67. The highest BCUT2D eigenvalue weighted by molar-refractivity contribution is 5.71. The average Bonchev–Trinajstić information content (AvgIpc) is 2.72. The van der Waals surface area contributed by atoms with Crippen molar-refractivity contribution >= 4 is 6.03 Å². The highest BCUT2D eigenvalue weighted by Crippen LogP contribution is 2.30. The molecule has 1 unspecified atom stereocenters. The maximum Gasteiger partial charge on any atom is 0.312 e. The molecular weight excluding hydrogens is 392 g/mol. The summed E-state index contributed by atoms with van der Waals surface area (Å²) in [7, 11) is 4.81. The van der Waals surface area contributed by atoms with Gasteiger partial charge in [0.15, 0.2) is 0 Å². The van der Waals surface area contributed by atoms with Gasteiger partial charge in [-0.2, -0.15) is 0 Å². The summed E-state index contributed by atoms with van der Waals surface area (Å²) in [5, 5.41) is 2.69. The first-order valence-corrected chi connectivity index (χ1v) is 11.0. The lowest BCUT2D eigenvalue weighted by Gasteiger charge is -2.39. The molecule has 0 spiro atoms. The van der Waals surface area contributed by atoms with Crippen LogP contribution in [-0.4, -0.2) is 79.5 Å². The van der Waals surface area contributed by atoms with E-state index in [0.29, 0.717) is 19.8 Å². The Kier molecular flexibility index (Phi) is 19.3. The predicted octanol–water partition coefficient (Wildman–Crippen LogP) is 2.66. The predicted molar refractivity (Wildman–Crippen MR) is 115 cm³/mol. The molecule has 0 aromatic carbocycles. The lowest BCUT2D eigenvalue weighted by Crippen LogP contribution is -2.52. The first kappa shape index (κ1) is 29.0.